The first-order chi connectivity index (χ1) is 12.5. The molecular formula is C17H25N3O4S2. The molecule has 1 unspecified atom stereocenters. The van der Waals surface area contributed by atoms with E-state index in [0.717, 1.165) is 18.1 Å². The number of nitrogens with one attached hydrogen (secondary N) is 1. The van der Waals surface area contributed by atoms with Gasteiger partial charge in [-0.05, 0) is 24.3 Å². The topological polar surface area (TPSA) is 79.0 Å². The van der Waals surface area contributed by atoms with E-state index in [1.165, 1.54) is 4.31 Å². The van der Waals surface area contributed by atoms with Gasteiger partial charge in [-0.15, -0.1) is 0 Å². The largest absolute Gasteiger partial charge is 0.497 e. The molecule has 0 spiro atoms. The van der Waals surface area contributed by atoms with Crippen LogP contribution in [-0.2, 0) is 14.8 Å². The maximum Gasteiger partial charge on any atom is 0.243 e. The lowest BCUT2D eigenvalue weighted by Gasteiger charge is -2.35. The summed E-state index contributed by atoms with van der Waals surface area (Å²) in [4.78, 5) is 14.5. The van der Waals surface area contributed by atoms with Crippen molar-refractivity contribution in [3.05, 3.63) is 24.3 Å². The molecule has 7 nitrogen and oxygen atoms in total. The Labute approximate surface area is 159 Å². The summed E-state index contributed by atoms with van der Waals surface area (Å²) in [6.45, 7) is 2.47. The summed E-state index contributed by atoms with van der Waals surface area (Å²) in [5, 5.41) is 3.37. The smallest absolute Gasteiger partial charge is 0.243 e. The van der Waals surface area contributed by atoms with Crippen LogP contribution in [0.1, 0.15) is 6.42 Å². The Morgan fingerprint density at radius 2 is 1.92 bits per heavy atom. The summed E-state index contributed by atoms with van der Waals surface area (Å²) < 4.78 is 32.0. The summed E-state index contributed by atoms with van der Waals surface area (Å²) in [6, 6.07) is 6.61. The van der Waals surface area contributed by atoms with Crippen LogP contribution in [0.4, 0.5) is 0 Å². The van der Waals surface area contributed by atoms with Gasteiger partial charge in [0.1, 0.15) is 5.75 Å². The minimum atomic E-state index is -3.54. The van der Waals surface area contributed by atoms with Gasteiger partial charge in [0.2, 0.25) is 15.9 Å². The fourth-order valence-corrected chi connectivity index (χ4v) is 5.54. The van der Waals surface area contributed by atoms with Gasteiger partial charge in [0, 0.05) is 56.7 Å². The second kappa shape index (κ2) is 8.60. The van der Waals surface area contributed by atoms with E-state index in [-0.39, 0.29) is 16.8 Å². The van der Waals surface area contributed by atoms with Crippen LogP contribution in [0.2, 0.25) is 0 Å². The molecule has 1 aromatic carbocycles. The first kappa shape index (κ1) is 19.5. The molecule has 1 atom stereocenters. The number of sulfonamides is 1. The normalized spacial score (nSPS) is 22.2. The Morgan fingerprint density at radius 1 is 1.23 bits per heavy atom. The quantitative estimate of drug-likeness (QED) is 0.782. The van der Waals surface area contributed by atoms with E-state index in [0.29, 0.717) is 38.3 Å². The van der Waals surface area contributed by atoms with E-state index in [1.54, 1.807) is 36.3 Å². The zero-order chi connectivity index (χ0) is 18.6. The highest BCUT2D eigenvalue weighted by molar-refractivity contribution is 7.99. The second-order valence-electron chi connectivity index (χ2n) is 6.39. The number of hydrogen-bond donors (Lipinski definition) is 1. The average Bonchev–Trinajstić information content (AvgIpc) is 2.69. The molecule has 2 aliphatic rings. The van der Waals surface area contributed by atoms with E-state index >= 15 is 0 Å². The fraction of sp³-hybridized carbons (Fsp3) is 0.588. The third kappa shape index (κ3) is 4.51. The number of carbonyl (C=O) groups is 1. The van der Waals surface area contributed by atoms with Crippen molar-refractivity contribution in [1.29, 1.82) is 0 Å². The van der Waals surface area contributed by atoms with Crippen molar-refractivity contribution in [3.63, 3.8) is 0 Å². The number of hydrogen-bond acceptors (Lipinski definition) is 6. The zero-order valence-electron chi connectivity index (χ0n) is 14.9. The number of amides is 1. The van der Waals surface area contributed by atoms with Gasteiger partial charge in [0.25, 0.3) is 0 Å². The zero-order valence-corrected chi connectivity index (χ0v) is 16.5. The Balaban J connectivity index is 1.55. The number of ether oxygens (including phenoxy) is 1. The molecular weight excluding hydrogens is 374 g/mol. The van der Waals surface area contributed by atoms with E-state index < -0.39 is 10.0 Å². The van der Waals surface area contributed by atoms with Crippen molar-refractivity contribution < 1.29 is 17.9 Å². The molecule has 2 saturated heterocycles. The number of rotatable bonds is 5. The molecule has 0 aliphatic carbocycles. The van der Waals surface area contributed by atoms with Crippen molar-refractivity contribution in [3.8, 4) is 5.75 Å². The SMILES string of the molecule is COc1ccc(S(=O)(=O)N2CCN(C(=O)CC3CSCCN3)CC2)cc1. The van der Waals surface area contributed by atoms with E-state index in [2.05, 4.69) is 5.32 Å². The van der Waals surface area contributed by atoms with E-state index in [1.807, 2.05) is 11.8 Å². The Hall–Kier alpha value is -1.29. The third-order valence-corrected chi connectivity index (χ3v) is 7.75. The van der Waals surface area contributed by atoms with Crippen LogP contribution in [0.15, 0.2) is 29.2 Å². The van der Waals surface area contributed by atoms with Crippen LogP contribution in [0.25, 0.3) is 0 Å². The molecule has 9 heteroatoms. The predicted octanol–water partition coefficient (Wildman–Crippen LogP) is 0.623. The number of benzene rings is 1. The Morgan fingerprint density at radius 3 is 2.50 bits per heavy atom. The second-order valence-corrected chi connectivity index (χ2v) is 9.48. The third-order valence-electron chi connectivity index (χ3n) is 4.71. The van der Waals surface area contributed by atoms with Crippen LogP contribution >= 0.6 is 11.8 Å². The first-order valence-corrected chi connectivity index (χ1v) is 11.3. The highest BCUT2D eigenvalue weighted by atomic mass is 32.2. The predicted molar refractivity (Wildman–Crippen MR) is 102 cm³/mol. The van der Waals surface area contributed by atoms with Crippen molar-refractivity contribution in [2.24, 2.45) is 0 Å². The minimum Gasteiger partial charge on any atom is -0.497 e. The van der Waals surface area contributed by atoms with Crippen LogP contribution in [-0.4, -0.2) is 80.9 Å². The monoisotopic (exact) mass is 399 g/mol. The van der Waals surface area contributed by atoms with Gasteiger partial charge in [-0.25, -0.2) is 8.42 Å². The van der Waals surface area contributed by atoms with Gasteiger partial charge in [0.15, 0.2) is 0 Å². The summed E-state index contributed by atoms with van der Waals surface area (Å²) >= 11 is 1.87. The highest BCUT2D eigenvalue weighted by Crippen LogP contribution is 2.21. The van der Waals surface area contributed by atoms with Crippen molar-refractivity contribution >= 4 is 27.7 Å². The van der Waals surface area contributed by atoms with Crippen LogP contribution in [0.5, 0.6) is 5.75 Å². The Kier molecular flexibility index (Phi) is 6.44. The van der Waals surface area contributed by atoms with Crippen molar-refractivity contribution in [2.45, 2.75) is 17.4 Å². The number of nitrogens with zero attached hydrogens (tertiary/aromatic N) is 2. The maximum absolute atomic E-state index is 12.7. The van der Waals surface area contributed by atoms with E-state index in [9.17, 15) is 13.2 Å². The number of carbonyl (C=O) groups excluding carboxylic acids is 1. The molecule has 2 aliphatic heterocycles. The summed E-state index contributed by atoms with van der Waals surface area (Å²) in [7, 11) is -2.00. The molecule has 0 radical (unpaired) electrons. The van der Waals surface area contributed by atoms with Crippen molar-refractivity contribution in [1.82, 2.24) is 14.5 Å². The lowest BCUT2D eigenvalue weighted by atomic mass is 10.2. The first-order valence-electron chi connectivity index (χ1n) is 8.74. The molecule has 1 N–H and O–H groups in total. The van der Waals surface area contributed by atoms with Crippen molar-refractivity contribution in [2.75, 3.05) is 51.3 Å². The number of methoxy groups -OCH3 is 1. The molecule has 1 aromatic rings. The molecule has 1 amide bonds. The van der Waals surface area contributed by atoms with Crippen LogP contribution in [0, 0.1) is 0 Å². The summed E-state index contributed by atoms with van der Waals surface area (Å²) in [5.74, 6) is 2.77. The summed E-state index contributed by atoms with van der Waals surface area (Å²) in [6.07, 6.45) is 0.484. The maximum atomic E-state index is 12.7. The fourth-order valence-electron chi connectivity index (χ4n) is 3.17. The summed E-state index contributed by atoms with van der Waals surface area (Å²) in [5.41, 5.74) is 0. The standard InChI is InChI=1S/C17H25N3O4S2/c1-24-15-2-4-16(5-3-15)26(22,23)20-9-7-19(8-10-20)17(21)12-14-13-25-11-6-18-14/h2-5,14,18H,6-13H2,1H3. The van der Waals surface area contributed by atoms with Crippen LogP contribution in [0.3, 0.4) is 0 Å². The van der Waals surface area contributed by atoms with Gasteiger partial charge >= 0.3 is 0 Å². The van der Waals surface area contributed by atoms with E-state index in [4.69, 9.17) is 4.74 Å². The molecule has 2 fully saturated rings. The molecule has 0 bridgehead atoms. The molecule has 0 saturated carbocycles. The average molecular weight is 400 g/mol. The van der Waals surface area contributed by atoms with Gasteiger partial charge in [-0.2, -0.15) is 16.1 Å². The molecule has 144 valence electrons. The molecule has 26 heavy (non-hydrogen) atoms. The molecule has 0 aromatic heterocycles. The Bertz CT molecular complexity index is 710. The molecule has 2 heterocycles. The lowest BCUT2D eigenvalue weighted by molar-refractivity contribution is -0.132. The number of piperazine rings is 1. The van der Waals surface area contributed by atoms with Gasteiger partial charge in [0.05, 0.1) is 12.0 Å². The molecule has 3 rings (SSSR count). The number of thioether (sulfide) groups is 1. The van der Waals surface area contributed by atoms with Gasteiger partial charge in [-0.3, -0.25) is 4.79 Å². The van der Waals surface area contributed by atoms with Gasteiger partial charge in [-0.1, -0.05) is 0 Å². The lowest BCUT2D eigenvalue weighted by Crippen LogP contribution is -2.52. The minimum absolute atomic E-state index is 0.103. The van der Waals surface area contributed by atoms with Crippen LogP contribution < -0.4 is 10.1 Å². The highest BCUT2D eigenvalue weighted by Gasteiger charge is 2.31. The van der Waals surface area contributed by atoms with Gasteiger partial charge < -0.3 is 15.0 Å².